The van der Waals surface area contributed by atoms with Crippen LogP contribution in [-0.2, 0) is 0 Å². The van der Waals surface area contributed by atoms with Crippen LogP contribution in [0.2, 0.25) is 18.5 Å². The molecule has 0 aromatic heterocycles. The second kappa shape index (κ2) is 9.28. The Bertz CT molecular complexity index is 907. The van der Waals surface area contributed by atoms with Crippen LogP contribution in [-0.4, -0.2) is 6.71 Å². The van der Waals surface area contributed by atoms with E-state index in [0.29, 0.717) is 0 Å². The van der Waals surface area contributed by atoms with Gasteiger partial charge in [0.05, 0.1) is 0 Å². The molecule has 4 aliphatic carbocycles. The molecule has 0 spiro atoms. The maximum absolute atomic E-state index is 2.70. The average Bonchev–Trinajstić information content (AvgIpc) is 3.45. The average molecular weight is 439 g/mol. The van der Waals surface area contributed by atoms with Crippen molar-refractivity contribution >= 4 is 6.71 Å². The first-order valence-electron chi connectivity index (χ1n) is 14.3. The van der Waals surface area contributed by atoms with E-state index in [9.17, 15) is 0 Å². The Morgan fingerprint density at radius 3 is 1.82 bits per heavy atom. The monoisotopic (exact) mass is 438 g/mol. The van der Waals surface area contributed by atoms with Crippen molar-refractivity contribution in [3.63, 3.8) is 0 Å². The standard InChI is InChI=1S/C32H43B/c1-22-21-30-26(24-13-7-4-8-14-24)16-10-18-29(30)32(22)33(2)31-20-19-27-25(15-9-17-28(27)31)23-11-5-3-6-12-23/h3-8,11-14,22,25-32H,9-10,15-21H2,1-2H3. The maximum Gasteiger partial charge on any atom is 0.144 e. The first-order chi connectivity index (χ1) is 16.2. The van der Waals surface area contributed by atoms with Gasteiger partial charge in [-0.1, -0.05) is 118 Å². The van der Waals surface area contributed by atoms with Gasteiger partial charge in [-0.25, -0.2) is 0 Å². The van der Waals surface area contributed by atoms with E-state index in [-0.39, 0.29) is 0 Å². The summed E-state index contributed by atoms with van der Waals surface area (Å²) in [5.74, 6) is 8.33. The Morgan fingerprint density at radius 1 is 0.606 bits per heavy atom. The molecular weight excluding hydrogens is 395 g/mol. The zero-order chi connectivity index (χ0) is 22.4. The van der Waals surface area contributed by atoms with E-state index in [1.807, 2.05) is 0 Å². The zero-order valence-corrected chi connectivity index (χ0v) is 20.9. The Hall–Kier alpha value is -1.50. The highest BCUT2D eigenvalue weighted by Gasteiger charge is 2.53. The molecule has 0 saturated heterocycles. The quantitative estimate of drug-likeness (QED) is 0.418. The molecule has 0 heterocycles. The fourth-order valence-corrected chi connectivity index (χ4v) is 10.0. The summed E-state index contributed by atoms with van der Waals surface area (Å²) < 4.78 is 0. The number of hydrogen-bond donors (Lipinski definition) is 0. The SMILES string of the molecule is CB(C1CCC2C(c3ccccc3)CCCC12)C1C(C)CC2C(c3ccccc3)CCCC21. The zero-order valence-electron chi connectivity index (χ0n) is 20.9. The Kier molecular flexibility index (Phi) is 6.18. The maximum atomic E-state index is 2.70. The summed E-state index contributed by atoms with van der Waals surface area (Å²) in [7, 11) is 0. The van der Waals surface area contributed by atoms with Crippen LogP contribution < -0.4 is 0 Å². The van der Waals surface area contributed by atoms with Crippen molar-refractivity contribution < 1.29 is 0 Å². The lowest BCUT2D eigenvalue weighted by Crippen LogP contribution is -2.36. The van der Waals surface area contributed by atoms with Gasteiger partial charge in [0.15, 0.2) is 0 Å². The third kappa shape index (κ3) is 3.92. The molecule has 174 valence electrons. The second-order valence-corrected chi connectivity index (χ2v) is 12.4. The molecule has 0 aliphatic heterocycles. The lowest BCUT2D eigenvalue weighted by molar-refractivity contribution is 0.228. The van der Waals surface area contributed by atoms with Crippen LogP contribution in [0.4, 0.5) is 0 Å². The Morgan fingerprint density at radius 2 is 1.18 bits per heavy atom. The molecule has 4 aliphatic rings. The van der Waals surface area contributed by atoms with Crippen LogP contribution in [0.5, 0.6) is 0 Å². The molecule has 0 bridgehead atoms. The first-order valence-corrected chi connectivity index (χ1v) is 14.3. The van der Waals surface area contributed by atoms with E-state index >= 15 is 0 Å². The van der Waals surface area contributed by atoms with Gasteiger partial charge in [0.1, 0.15) is 6.71 Å². The normalized spacial score (nSPS) is 40.2. The smallest absolute Gasteiger partial charge is 0.0856 e. The van der Waals surface area contributed by atoms with Gasteiger partial charge in [0, 0.05) is 0 Å². The summed E-state index contributed by atoms with van der Waals surface area (Å²) in [5, 5.41) is 0. The van der Waals surface area contributed by atoms with Crippen molar-refractivity contribution in [1.29, 1.82) is 0 Å². The molecule has 0 amide bonds. The van der Waals surface area contributed by atoms with Gasteiger partial charge in [0.2, 0.25) is 0 Å². The topological polar surface area (TPSA) is 0 Å². The van der Waals surface area contributed by atoms with E-state index in [0.717, 1.165) is 59.8 Å². The Balaban J connectivity index is 1.21. The molecular formula is C32H43B. The molecule has 33 heavy (non-hydrogen) atoms. The highest BCUT2D eigenvalue weighted by atomic mass is 14.5. The number of rotatable bonds is 4. The Labute approximate surface area is 203 Å². The molecule has 9 atom stereocenters. The highest BCUT2D eigenvalue weighted by Crippen LogP contribution is 2.62. The summed E-state index contributed by atoms with van der Waals surface area (Å²) in [6.07, 6.45) is 13.2. The highest BCUT2D eigenvalue weighted by molar-refractivity contribution is 6.61. The number of hydrogen-bond acceptors (Lipinski definition) is 0. The predicted molar refractivity (Wildman–Crippen MR) is 142 cm³/mol. The van der Waals surface area contributed by atoms with Crippen molar-refractivity contribution in [2.45, 2.75) is 95.0 Å². The van der Waals surface area contributed by atoms with Crippen LogP contribution in [0.1, 0.15) is 87.7 Å². The second-order valence-electron chi connectivity index (χ2n) is 12.4. The molecule has 0 nitrogen and oxygen atoms in total. The van der Waals surface area contributed by atoms with Gasteiger partial charge in [-0.3, -0.25) is 0 Å². The van der Waals surface area contributed by atoms with Crippen LogP contribution in [0.25, 0.3) is 0 Å². The fraction of sp³-hybridized carbons (Fsp3) is 0.625. The molecule has 4 saturated carbocycles. The van der Waals surface area contributed by atoms with Gasteiger partial charge < -0.3 is 0 Å². The van der Waals surface area contributed by atoms with Gasteiger partial charge in [-0.15, -0.1) is 0 Å². The van der Waals surface area contributed by atoms with Gasteiger partial charge in [0.25, 0.3) is 0 Å². The summed E-state index contributed by atoms with van der Waals surface area (Å²) in [6, 6.07) is 23.1. The third-order valence-corrected chi connectivity index (χ3v) is 11.2. The summed E-state index contributed by atoms with van der Waals surface area (Å²) in [6.45, 7) is 6.24. The lowest BCUT2D eigenvalue weighted by Gasteiger charge is -2.42. The van der Waals surface area contributed by atoms with Crippen LogP contribution in [0.15, 0.2) is 60.7 Å². The van der Waals surface area contributed by atoms with Crippen molar-refractivity contribution in [2.75, 3.05) is 0 Å². The van der Waals surface area contributed by atoms with Crippen molar-refractivity contribution in [2.24, 2.45) is 29.6 Å². The van der Waals surface area contributed by atoms with Crippen LogP contribution in [0.3, 0.4) is 0 Å². The molecule has 2 aromatic carbocycles. The predicted octanol–water partition coefficient (Wildman–Crippen LogP) is 9.09. The van der Waals surface area contributed by atoms with Crippen molar-refractivity contribution in [1.82, 2.24) is 0 Å². The molecule has 0 N–H and O–H groups in total. The fourth-order valence-electron chi connectivity index (χ4n) is 10.0. The van der Waals surface area contributed by atoms with Gasteiger partial charge >= 0.3 is 0 Å². The van der Waals surface area contributed by atoms with Crippen LogP contribution >= 0.6 is 0 Å². The van der Waals surface area contributed by atoms with Crippen molar-refractivity contribution in [3.05, 3.63) is 71.8 Å². The summed E-state index contributed by atoms with van der Waals surface area (Å²) in [5.41, 5.74) is 3.26. The van der Waals surface area contributed by atoms with E-state index < -0.39 is 0 Å². The first kappa shape index (κ1) is 22.0. The van der Waals surface area contributed by atoms with Crippen LogP contribution in [0, 0.1) is 29.6 Å². The summed E-state index contributed by atoms with van der Waals surface area (Å²) >= 11 is 0. The molecule has 6 rings (SSSR count). The van der Waals surface area contributed by atoms with Gasteiger partial charge in [-0.05, 0) is 78.2 Å². The summed E-state index contributed by atoms with van der Waals surface area (Å²) in [4.78, 5) is 0. The molecule has 0 radical (unpaired) electrons. The van der Waals surface area contributed by atoms with E-state index in [1.165, 1.54) is 57.8 Å². The molecule has 9 unspecified atom stereocenters. The van der Waals surface area contributed by atoms with Crippen molar-refractivity contribution in [3.8, 4) is 0 Å². The largest absolute Gasteiger partial charge is 0.144 e. The third-order valence-electron chi connectivity index (χ3n) is 11.2. The van der Waals surface area contributed by atoms with E-state index in [4.69, 9.17) is 0 Å². The molecule has 2 aromatic rings. The minimum absolute atomic E-state index is 0.818. The molecule has 4 fully saturated rings. The minimum atomic E-state index is 0.818. The van der Waals surface area contributed by atoms with E-state index in [1.54, 1.807) is 11.1 Å². The lowest BCUT2D eigenvalue weighted by atomic mass is 9.30. The molecule has 1 heteroatoms. The van der Waals surface area contributed by atoms with Gasteiger partial charge in [-0.2, -0.15) is 0 Å². The van der Waals surface area contributed by atoms with E-state index in [2.05, 4.69) is 74.4 Å². The number of fused-ring (bicyclic) bond motifs is 2. The minimum Gasteiger partial charge on any atom is -0.0856 e. The number of benzene rings is 2.